The number of anilines is 1. The van der Waals surface area contributed by atoms with Crippen LogP contribution in [0.5, 0.6) is 0 Å². The Morgan fingerprint density at radius 1 is 1.23 bits per heavy atom. The van der Waals surface area contributed by atoms with Gasteiger partial charge in [0.25, 0.3) is 0 Å². The highest BCUT2D eigenvalue weighted by molar-refractivity contribution is 6.30. The van der Waals surface area contributed by atoms with E-state index in [1.807, 2.05) is 12.1 Å². The number of nitriles is 1. The van der Waals surface area contributed by atoms with Gasteiger partial charge in [-0.15, -0.1) is 0 Å². The zero-order valence-electron chi connectivity index (χ0n) is 15.2. The van der Waals surface area contributed by atoms with Crippen molar-refractivity contribution in [1.82, 2.24) is 10.2 Å². The van der Waals surface area contributed by atoms with Gasteiger partial charge in [0.2, 0.25) is 5.91 Å². The lowest BCUT2D eigenvalue weighted by Gasteiger charge is -2.33. The summed E-state index contributed by atoms with van der Waals surface area (Å²) in [5.74, 6) is 0.263. The first-order valence-electron chi connectivity index (χ1n) is 9.62. The highest BCUT2D eigenvalue weighted by Gasteiger charge is 2.26. The molecule has 1 aromatic carbocycles. The fraction of sp³-hybridized carbons (Fsp3) is 0.600. The van der Waals surface area contributed by atoms with Gasteiger partial charge >= 0.3 is 0 Å². The van der Waals surface area contributed by atoms with Crippen LogP contribution in [0.2, 0.25) is 5.02 Å². The number of hydrogen-bond acceptors (Lipinski definition) is 4. The summed E-state index contributed by atoms with van der Waals surface area (Å²) in [4.78, 5) is 17.1. The molecule has 0 atom stereocenters. The van der Waals surface area contributed by atoms with Gasteiger partial charge < -0.3 is 15.1 Å². The standard InChI is InChI=1S/C20H27ClN4O/c21-18-4-5-19(17(14-18)15-22)25-12-6-16(7-13-25)20(26)23-8-3-11-24-9-1-2-10-24/h4-5,14,16H,1-3,6-13H2,(H,23,26). The highest BCUT2D eigenvalue weighted by atomic mass is 35.5. The summed E-state index contributed by atoms with van der Waals surface area (Å²) in [5, 5.41) is 13.0. The SMILES string of the molecule is N#Cc1cc(Cl)ccc1N1CCC(C(=O)NCCCN2CCCC2)CC1. The Morgan fingerprint density at radius 3 is 2.65 bits per heavy atom. The van der Waals surface area contributed by atoms with Crippen LogP contribution >= 0.6 is 11.6 Å². The van der Waals surface area contributed by atoms with Crippen molar-refractivity contribution in [2.45, 2.75) is 32.1 Å². The van der Waals surface area contributed by atoms with E-state index in [2.05, 4.69) is 21.2 Å². The molecule has 26 heavy (non-hydrogen) atoms. The molecule has 2 aliphatic heterocycles. The monoisotopic (exact) mass is 374 g/mol. The maximum absolute atomic E-state index is 12.4. The van der Waals surface area contributed by atoms with Crippen molar-refractivity contribution in [1.29, 1.82) is 5.26 Å². The van der Waals surface area contributed by atoms with Crippen molar-refractivity contribution in [2.24, 2.45) is 5.92 Å². The number of piperidine rings is 1. The van der Waals surface area contributed by atoms with Crippen LogP contribution in [0, 0.1) is 17.2 Å². The van der Waals surface area contributed by atoms with Crippen molar-refractivity contribution in [3.63, 3.8) is 0 Å². The number of hydrogen-bond donors (Lipinski definition) is 1. The Hall–Kier alpha value is -1.77. The van der Waals surface area contributed by atoms with E-state index in [1.165, 1.54) is 25.9 Å². The lowest BCUT2D eigenvalue weighted by Crippen LogP contribution is -2.41. The van der Waals surface area contributed by atoms with Crippen molar-refractivity contribution < 1.29 is 4.79 Å². The summed E-state index contributed by atoms with van der Waals surface area (Å²) in [6.07, 6.45) is 5.30. The molecule has 2 heterocycles. The van der Waals surface area contributed by atoms with Crippen molar-refractivity contribution >= 4 is 23.2 Å². The summed E-state index contributed by atoms with van der Waals surface area (Å²) >= 11 is 5.98. The van der Waals surface area contributed by atoms with Gasteiger partial charge in [0, 0.05) is 30.6 Å². The summed E-state index contributed by atoms with van der Waals surface area (Å²) < 4.78 is 0. The average molecular weight is 375 g/mol. The average Bonchev–Trinajstić information content (AvgIpc) is 3.18. The third kappa shape index (κ3) is 4.90. The highest BCUT2D eigenvalue weighted by Crippen LogP contribution is 2.28. The molecular weight excluding hydrogens is 348 g/mol. The lowest BCUT2D eigenvalue weighted by atomic mass is 9.95. The van der Waals surface area contributed by atoms with Gasteiger partial charge in [0.05, 0.1) is 11.3 Å². The first-order chi connectivity index (χ1) is 12.7. The van der Waals surface area contributed by atoms with Gasteiger partial charge in [-0.25, -0.2) is 0 Å². The zero-order chi connectivity index (χ0) is 18.4. The predicted molar refractivity (Wildman–Crippen MR) is 104 cm³/mol. The molecule has 0 saturated carbocycles. The first-order valence-corrected chi connectivity index (χ1v) is 10.00. The van der Waals surface area contributed by atoms with E-state index in [1.54, 1.807) is 6.07 Å². The number of rotatable bonds is 6. The number of amides is 1. The van der Waals surface area contributed by atoms with Crippen molar-refractivity contribution in [3.05, 3.63) is 28.8 Å². The second kappa shape index (κ2) is 9.25. The third-order valence-electron chi connectivity index (χ3n) is 5.43. The van der Waals surface area contributed by atoms with Gasteiger partial charge in [0.15, 0.2) is 0 Å². The van der Waals surface area contributed by atoms with E-state index in [-0.39, 0.29) is 11.8 Å². The van der Waals surface area contributed by atoms with Crippen LogP contribution in [0.15, 0.2) is 18.2 Å². The number of carbonyl (C=O) groups excluding carboxylic acids is 1. The van der Waals surface area contributed by atoms with E-state index in [4.69, 9.17) is 11.6 Å². The molecule has 6 heteroatoms. The minimum Gasteiger partial charge on any atom is -0.370 e. The summed E-state index contributed by atoms with van der Waals surface area (Å²) in [6, 6.07) is 7.64. The van der Waals surface area contributed by atoms with E-state index >= 15 is 0 Å². The van der Waals surface area contributed by atoms with Crippen LogP contribution in [0.1, 0.15) is 37.7 Å². The van der Waals surface area contributed by atoms with E-state index in [9.17, 15) is 10.1 Å². The molecule has 0 spiro atoms. The van der Waals surface area contributed by atoms with Gasteiger partial charge in [-0.05, 0) is 69.9 Å². The molecule has 5 nitrogen and oxygen atoms in total. The second-order valence-electron chi connectivity index (χ2n) is 7.23. The van der Waals surface area contributed by atoms with Gasteiger partial charge in [0.1, 0.15) is 6.07 Å². The molecule has 0 aromatic heterocycles. The third-order valence-corrected chi connectivity index (χ3v) is 5.67. The number of nitrogens with one attached hydrogen (secondary N) is 1. The lowest BCUT2D eigenvalue weighted by molar-refractivity contribution is -0.125. The number of carbonyl (C=O) groups is 1. The summed E-state index contributed by atoms with van der Waals surface area (Å²) in [7, 11) is 0. The topological polar surface area (TPSA) is 59.4 Å². The molecule has 2 fully saturated rings. The van der Waals surface area contributed by atoms with Crippen LogP contribution in [0.3, 0.4) is 0 Å². The quantitative estimate of drug-likeness (QED) is 0.777. The maximum atomic E-state index is 12.4. The van der Waals surface area contributed by atoms with E-state index in [0.29, 0.717) is 10.6 Å². The number of likely N-dealkylation sites (tertiary alicyclic amines) is 1. The first kappa shape index (κ1) is 19.0. The second-order valence-corrected chi connectivity index (χ2v) is 7.66. The Balaban J connectivity index is 1.41. The Labute approximate surface area is 160 Å². The number of halogens is 1. The molecule has 0 bridgehead atoms. The largest absolute Gasteiger partial charge is 0.370 e. The van der Waals surface area contributed by atoms with Crippen molar-refractivity contribution in [2.75, 3.05) is 44.2 Å². The molecule has 0 unspecified atom stereocenters. The molecule has 140 valence electrons. The van der Waals surface area contributed by atoms with Gasteiger partial charge in [-0.1, -0.05) is 11.6 Å². The molecule has 0 aliphatic carbocycles. The van der Waals surface area contributed by atoms with E-state index < -0.39 is 0 Å². The minimum absolute atomic E-state index is 0.0795. The molecule has 1 N–H and O–H groups in total. The maximum Gasteiger partial charge on any atom is 0.223 e. The van der Waals surface area contributed by atoms with Crippen LogP contribution in [-0.4, -0.2) is 50.1 Å². The molecule has 2 saturated heterocycles. The van der Waals surface area contributed by atoms with Crippen molar-refractivity contribution in [3.8, 4) is 6.07 Å². The van der Waals surface area contributed by atoms with Crippen LogP contribution in [0.4, 0.5) is 5.69 Å². The number of nitrogens with zero attached hydrogens (tertiary/aromatic N) is 3. The number of benzene rings is 1. The van der Waals surface area contributed by atoms with Crippen LogP contribution in [0.25, 0.3) is 0 Å². The molecule has 3 rings (SSSR count). The molecule has 1 aromatic rings. The van der Waals surface area contributed by atoms with E-state index in [0.717, 1.165) is 51.1 Å². The predicted octanol–water partition coefficient (Wildman–Crippen LogP) is 3.03. The molecule has 0 radical (unpaired) electrons. The van der Waals surface area contributed by atoms with Crippen LogP contribution < -0.4 is 10.2 Å². The summed E-state index contributed by atoms with van der Waals surface area (Å²) in [5.41, 5.74) is 1.52. The smallest absolute Gasteiger partial charge is 0.223 e. The zero-order valence-corrected chi connectivity index (χ0v) is 16.0. The Morgan fingerprint density at radius 2 is 1.96 bits per heavy atom. The van der Waals surface area contributed by atoms with Gasteiger partial charge in [-0.3, -0.25) is 4.79 Å². The normalized spacial score (nSPS) is 18.7. The Bertz CT molecular complexity index is 658. The minimum atomic E-state index is 0.0795. The fourth-order valence-electron chi connectivity index (χ4n) is 3.92. The fourth-order valence-corrected chi connectivity index (χ4v) is 4.09. The molecule has 1 amide bonds. The molecule has 2 aliphatic rings. The molecular formula is C20H27ClN4O. The van der Waals surface area contributed by atoms with Gasteiger partial charge in [-0.2, -0.15) is 5.26 Å². The Kier molecular flexibility index (Phi) is 6.76. The summed E-state index contributed by atoms with van der Waals surface area (Å²) in [6.45, 7) is 5.87. The van der Waals surface area contributed by atoms with Crippen LogP contribution in [-0.2, 0) is 4.79 Å².